The van der Waals surface area contributed by atoms with Gasteiger partial charge in [0.1, 0.15) is 0 Å². The van der Waals surface area contributed by atoms with Gasteiger partial charge in [0.25, 0.3) is 13.4 Å². The lowest BCUT2D eigenvalue weighted by atomic mass is 9.32. The first-order valence-electron chi connectivity index (χ1n) is 25.7. The highest BCUT2D eigenvalue weighted by molar-refractivity contribution is 7.30. The van der Waals surface area contributed by atoms with Gasteiger partial charge in [0.05, 0.1) is 11.4 Å². The molecule has 4 aliphatic heterocycles. The van der Waals surface area contributed by atoms with Crippen molar-refractivity contribution in [2.24, 2.45) is 0 Å². The minimum absolute atomic E-state index is 0.00340. The Bertz CT molecular complexity index is 3800. The molecule has 8 heteroatoms. The van der Waals surface area contributed by atoms with Crippen LogP contribution in [0.5, 0.6) is 0 Å². The van der Waals surface area contributed by atoms with Crippen LogP contribution >= 0.6 is 22.7 Å². The Morgan fingerprint density at radius 3 is 1.04 bits per heavy atom. The van der Waals surface area contributed by atoms with Crippen LogP contribution < -0.4 is 51.0 Å². The summed E-state index contributed by atoms with van der Waals surface area (Å²) in [5.74, 6) is 0. The van der Waals surface area contributed by atoms with Gasteiger partial charge < -0.3 is 19.6 Å². The molecule has 0 saturated heterocycles. The van der Waals surface area contributed by atoms with Crippen LogP contribution in [0.3, 0.4) is 0 Å². The number of benzene rings is 9. The highest BCUT2D eigenvalue weighted by Gasteiger charge is 2.50. The van der Waals surface area contributed by atoms with Crippen LogP contribution in [0.15, 0.2) is 218 Å². The molecule has 350 valence electrons. The van der Waals surface area contributed by atoms with Gasteiger partial charge in [0.2, 0.25) is 0 Å². The third-order valence-electron chi connectivity index (χ3n) is 16.1. The molecule has 15 rings (SSSR count). The molecular weight excluding hydrogens is 935 g/mol. The van der Waals surface area contributed by atoms with Crippen molar-refractivity contribution in [2.75, 3.05) is 19.6 Å². The van der Waals surface area contributed by atoms with Gasteiger partial charge in [-0.1, -0.05) is 140 Å². The van der Waals surface area contributed by atoms with E-state index in [2.05, 4.69) is 266 Å². The Hall–Kier alpha value is -8.29. The summed E-state index contributed by atoms with van der Waals surface area (Å²) >= 11 is 3.95. The van der Waals surface area contributed by atoms with Gasteiger partial charge in [-0.05, 0) is 162 Å². The number of anilines is 12. The molecule has 74 heavy (non-hydrogen) atoms. The SMILES string of the molecule is Cc1sc2c(c1C)N(c1cccc(-c3ccccc3)c1)c1cccc3c1B2c1cc2c(cc1N3c1ccccc1)N(c1ccccc1)c1cccc3c1B2c1sc(C)c(C)c1N3c1cccc(-c2ccccc2)c1. The Morgan fingerprint density at radius 2 is 0.635 bits per heavy atom. The zero-order valence-corrected chi connectivity index (χ0v) is 43.2. The van der Waals surface area contributed by atoms with Gasteiger partial charge in [-0.2, -0.15) is 22.7 Å². The fraction of sp³-hybridized carbons (Fsp3) is 0.0606. The molecule has 0 amide bonds. The monoisotopic (exact) mass is 982 g/mol. The second kappa shape index (κ2) is 16.6. The average molecular weight is 983 g/mol. The van der Waals surface area contributed by atoms with Crippen molar-refractivity contribution in [3.05, 3.63) is 239 Å². The molecular formula is C66H48B2N4S2. The molecule has 0 atom stereocenters. The molecule has 0 unspecified atom stereocenters. The van der Waals surface area contributed by atoms with E-state index >= 15 is 0 Å². The fourth-order valence-electron chi connectivity index (χ4n) is 12.7. The first-order valence-corrected chi connectivity index (χ1v) is 27.3. The van der Waals surface area contributed by atoms with E-state index in [1.54, 1.807) is 0 Å². The smallest absolute Gasteiger partial charge is 0.264 e. The highest BCUT2D eigenvalue weighted by atomic mass is 32.1. The van der Waals surface area contributed by atoms with Gasteiger partial charge in [-0.3, -0.25) is 0 Å². The first-order chi connectivity index (χ1) is 36.4. The Balaban J connectivity index is 1.01. The molecule has 2 aromatic heterocycles. The summed E-state index contributed by atoms with van der Waals surface area (Å²) in [6.45, 7) is 9.30. The van der Waals surface area contributed by atoms with Crippen molar-refractivity contribution < 1.29 is 0 Å². The van der Waals surface area contributed by atoms with E-state index in [0.29, 0.717) is 0 Å². The summed E-state index contributed by atoms with van der Waals surface area (Å²) in [7, 11) is 0. The number of rotatable bonds is 6. The van der Waals surface area contributed by atoms with E-state index in [4.69, 9.17) is 0 Å². The second-order valence-electron chi connectivity index (χ2n) is 20.1. The largest absolute Gasteiger partial charge is 0.311 e. The number of fused-ring (bicyclic) bond motifs is 8. The summed E-state index contributed by atoms with van der Waals surface area (Å²) in [5, 5.41) is 0. The lowest BCUT2D eigenvalue weighted by Crippen LogP contribution is -2.64. The summed E-state index contributed by atoms with van der Waals surface area (Å²) in [5.41, 5.74) is 27.4. The zero-order valence-electron chi connectivity index (χ0n) is 41.5. The van der Waals surface area contributed by atoms with Gasteiger partial charge in [-0.25, -0.2) is 0 Å². The maximum atomic E-state index is 2.66. The number of nitrogens with zero attached hydrogens (tertiary/aromatic N) is 4. The second-order valence-corrected chi connectivity index (χ2v) is 22.6. The van der Waals surface area contributed by atoms with Gasteiger partial charge >= 0.3 is 0 Å². The predicted octanol–water partition coefficient (Wildman–Crippen LogP) is 14.5. The fourth-order valence-corrected chi connectivity index (χ4v) is 15.2. The molecule has 6 heterocycles. The number of thiophene rings is 2. The number of hydrogen-bond acceptors (Lipinski definition) is 6. The molecule has 0 saturated carbocycles. The van der Waals surface area contributed by atoms with Crippen molar-refractivity contribution in [1.29, 1.82) is 0 Å². The summed E-state index contributed by atoms with van der Waals surface area (Å²) in [6.07, 6.45) is 0. The van der Waals surface area contributed by atoms with Gasteiger partial charge in [-0.15, -0.1) is 0 Å². The topological polar surface area (TPSA) is 13.0 Å². The van der Waals surface area contributed by atoms with E-state index in [1.807, 2.05) is 22.7 Å². The van der Waals surface area contributed by atoms with E-state index in [-0.39, 0.29) is 13.4 Å². The van der Waals surface area contributed by atoms with Crippen molar-refractivity contribution in [3.8, 4) is 22.3 Å². The van der Waals surface area contributed by atoms with Gasteiger partial charge in [0, 0.05) is 76.2 Å². The predicted molar refractivity (Wildman–Crippen MR) is 320 cm³/mol. The molecule has 9 aromatic carbocycles. The molecule has 0 fully saturated rings. The molecule has 11 aromatic rings. The number of aryl methyl sites for hydroxylation is 2. The summed E-state index contributed by atoms with van der Waals surface area (Å²) in [6, 6.07) is 81.2. The standard InChI is InChI=1S/C66H48B2N4S2/c1-41-43(3)73-65-63(41)71(51-31-17-25-47(37-51)45-21-9-5-10-22-45)57-35-19-33-55-61(57)67(65)53-39-54-60(40-59(53)69(55)49-27-13-7-14-28-49)70(50-29-15-8-16-30-50)56-34-20-36-58-62(56)68(54)66-64(42(2)44(4)74-66)72(58)52-32-18-26-48(38-52)46-23-11-6-12-24-46/h5-40H,1-4H3. The maximum absolute atomic E-state index is 2.66. The molecule has 0 N–H and O–H groups in total. The van der Waals surface area contributed by atoms with E-state index < -0.39 is 0 Å². The van der Waals surface area contributed by atoms with Crippen molar-refractivity contribution in [1.82, 2.24) is 0 Å². The third kappa shape index (κ3) is 6.28. The number of hydrogen-bond donors (Lipinski definition) is 0. The summed E-state index contributed by atoms with van der Waals surface area (Å²) in [4.78, 5) is 13.0. The average Bonchev–Trinajstić information content (AvgIpc) is 3.92. The van der Waals surface area contributed by atoms with Crippen molar-refractivity contribution >= 4 is 136 Å². The quantitative estimate of drug-likeness (QED) is 0.154. The summed E-state index contributed by atoms with van der Waals surface area (Å²) < 4.78 is 2.79. The molecule has 0 aliphatic carbocycles. The molecule has 0 spiro atoms. The molecule has 4 nitrogen and oxygen atoms in total. The van der Waals surface area contributed by atoms with Crippen molar-refractivity contribution in [3.63, 3.8) is 0 Å². The maximum Gasteiger partial charge on any atom is 0.264 e. The van der Waals surface area contributed by atoms with Gasteiger partial charge in [0.15, 0.2) is 0 Å². The minimum atomic E-state index is -0.00340. The molecule has 4 aliphatic rings. The molecule has 0 radical (unpaired) electrons. The van der Waals surface area contributed by atoms with Crippen molar-refractivity contribution in [2.45, 2.75) is 27.7 Å². The van der Waals surface area contributed by atoms with Crippen LogP contribution in [0, 0.1) is 27.7 Å². The lowest BCUT2D eigenvalue weighted by Gasteiger charge is -2.46. The Kier molecular flexibility index (Phi) is 9.73. The highest BCUT2D eigenvalue weighted by Crippen LogP contribution is 2.51. The van der Waals surface area contributed by atoms with E-state index in [1.165, 1.54) is 131 Å². The van der Waals surface area contributed by atoms with Crippen LogP contribution in [0.25, 0.3) is 22.3 Å². The minimum Gasteiger partial charge on any atom is -0.311 e. The van der Waals surface area contributed by atoms with Crippen LogP contribution in [-0.4, -0.2) is 13.4 Å². The third-order valence-corrected chi connectivity index (χ3v) is 18.6. The van der Waals surface area contributed by atoms with E-state index in [9.17, 15) is 0 Å². The Labute approximate surface area is 441 Å². The first kappa shape index (κ1) is 43.3. The number of para-hydroxylation sites is 2. The van der Waals surface area contributed by atoms with Crippen LogP contribution in [0.2, 0.25) is 0 Å². The Morgan fingerprint density at radius 1 is 0.297 bits per heavy atom. The van der Waals surface area contributed by atoms with E-state index in [0.717, 1.165) is 11.4 Å². The lowest BCUT2D eigenvalue weighted by molar-refractivity contribution is 1.23. The molecule has 0 bridgehead atoms. The van der Waals surface area contributed by atoms with Crippen LogP contribution in [0.4, 0.5) is 68.2 Å². The van der Waals surface area contributed by atoms with Crippen LogP contribution in [-0.2, 0) is 0 Å². The normalized spacial score (nSPS) is 13.5. The zero-order chi connectivity index (χ0) is 49.3. The van der Waals surface area contributed by atoms with Crippen LogP contribution in [0.1, 0.15) is 20.9 Å².